The van der Waals surface area contributed by atoms with Crippen LogP contribution in [0.2, 0.25) is 0 Å². The molecule has 0 amide bonds. The first-order chi connectivity index (χ1) is 17.4. The van der Waals surface area contributed by atoms with Gasteiger partial charge in [-0.25, -0.2) is 9.59 Å². The zero-order chi connectivity index (χ0) is 27.6. The van der Waals surface area contributed by atoms with Gasteiger partial charge in [0, 0.05) is 12.2 Å². The summed E-state index contributed by atoms with van der Waals surface area (Å²) >= 11 is 0. The Hall–Kier alpha value is -3.08. The zero-order valence-electron chi connectivity index (χ0n) is 23.7. The minimum atomic E-state index is -1.19. The summed E-state index contributed by atoms with van der Waals surface area (Å²) < 4.78 is 11.9. The SMILES string of the molecule is CC(C)=CCCC(C)=CCCC(C)=CCC[C@]1(C)CCc2cc(OC(=O)C=CC(=O)O)c(C)c(C)c2O1. The second kappa shape index (κ2) is 14.0. The molecule has 1 aromatic rings. The third-order valence-electron chi connectivity index (χ3n) is 7.00. The summed E-state index contributed by atoms with van der Waals surface area (Å²) in [5.41, 5.74) is 6.81. The number of aliphatic carboxylic acids is 1. The van der Waals surface area contributed by atoms with Gasteiger partial charge in [-0.15, -0.1) is 0 Å². The Morgan fingerprint density at radius 2 is 1.59 bits per heavy atom. The second-order valence-corrected chi connectivity index (χ2v) is 10.8. The molecule has 0 spiro atoms. The van der Waals surface area contributed by atoms with Gasteiger partial charge in [0.25, 0.3) is 0 Å². The zero-order valence-corrected chi connectivity index (χ0v) is 23.7. The molecule has 0 fully saturated rings. The molecule has 0 saturated heterocycles. The summed E-state index contributed by atoms with van der Waals surface area (Å²) in [7, 11) is 0. The highest BCUT2D eigenvalue weighted by Crippen LogP contribution is 2.42. The summed E-state index contributed by atoms with van der Waals surface area (Å²) in [5.74, 6) is -0.571. The number of esters is 1. The molecule has 1 aromatic carbocycles. The fourth-order valence-electron chi connectivity index (χ4n) is 4.48. The van der Waals surface area contributed by atoms with Gasteiger partial charge in [-0.1, -0.05) is 34.9 Å². The Morgan fingerprint density at radius 3 is 2.22 bits per heavy atom. The van der Waals surface area contributed by atoms with Crippen LogP contribution in [-0.2, 0) is 16.0 Å². The molecule has 2 rings (SSSR count). The van der Waals surface area contributed by atoms with Gasteiger partial charge in [0.05, 0.1) is 0 Å². The number of hydrogen-bond donors (Lipinski definition) is 1. The number of fused-ring (bicyclic) bond motifs is 1. The molecule has 0 aromatic heterocycles. The summed E-state index contributed by atoms with van der Waals surface area (Å²) in [6, 6.07) is 1.85. The molecule has 1 atom stereocenters. The molecule has 0 saturated carbocycles. The number of aryl methyl sites for hydroxylation is 1. The first-order valence-corrected chi connectivity index (χ1v) is 13.3. The number of allylic oxidation sites excluding steroid dienone is 6. The van der Waals surface area contributed by atoms with Gasteiger partial charge in [0.2, 0.25) is 0 Å². The Labute approximate surface area is 223 Å². The lowest BCUT2D eigenvalue weighted by Gasteiger charge is -2.37. The topological polar surface area (TPSA) is 72.8 Å². The maximum Gasteiger partial charge on any atom is 0.336 e. The van der Waals surface area contributed by atoms with Crippen molar-refractivity contribution in [3.05, 3.63) is 69.9 Å². The molecule has 0 aliphatic carbocycles. The molecule has 202 valence electrons. The van der Waals surface area contributed by atoms with Crippen molar-refractivity contribution in [2.45, 2.75) is 105 Å². The fourth-order valence-corrected chi connectivity index (χ4v) is 4.48. The third-order valence-corrected chi connectivity index (χ3v) is 7.00. The van der Waals surface area contributed by atoms with Crippen molar-refractivity contribution in [2.24, 2.45) is 0 Å². The predicted molar refractivity (Wildman–Crippen MR) is 150 cm³/mol. The molecular formula is C32H44O5. The van der Waals surface area contributed by atoms with Gasteiger partial charge in [-0.05, 0) is 123 Å². The first kappa shape index (κ1) is 30.1. The normalized spacial score (nSPS) is 17.8. The molecular weight excluding hydrogens is 464 g/mol. The highest BCUT2D eigenvalue weighted by atomic mass is 16.5. The van der Waals surface area contributed by atoms with Gasteiger partial charge >= 0.3 is 11.9 Å². The molecule has 5 heteroatoms. The number of benzene rings is 1. The van der Waals surface area contributed by atoms with Crippen LogP contribution in [0.3, 0.4) is 0 Å². The van der Waals surface area contributed by atoms with Crippen molar-refractivity contribution in [1.29, 1.82) is 0 Å². The Bertz CT molecular complexity index is 1100. The molecule has 1 heterocycles. The third kappa shape index (κ3) is 10.1. The van der Waals surface area contributed by atoms with Crippen LogP contribution < -0.4 is 9.47 Å². The Morgan fingerprint density at radius 1 is 0.973 bits per heavy atom. The van der Waals surface area contributed by atoms with E-state index in [-0.39, 0.29) is 5.60 Å². The number of carboxylic acid groups (broad SMARTS) is 1. The second-order valence-electron chi connectivity index (χ2n) is 10.8. The van der Waals surface area contributed by atoms with Crippen LogP contribution in [0.1, 0.15) is 96.3 Å². The van der Waals surface area contributed by atoms with E-state index in [0.717, 1.165) is 86.0 Å². The summed E-state index contributed by atoms with van der Waals surface area (Å²) in [5, 5.41) is 8.71. The minimum Gasteiger partial charge on any atom is -0.487 e. The molecule has 37 heavy (non-hydrogen) atoms. The lowest BCUT2D eigenvalue weighted by Crippen LogP contribution is -2.36. The minimum absolute atomic E-state index is 0.245. The van der Waals surface area contributed by atoms with Crippen LogP contribution in [0, 0.1) is 13.8 Å². The van der Waals surface area contributed by atoms with E-state index in [2.05, 4.69) is 52.8 Å². The van der Waals surface area contributed by atoms with E-state index in [4.69, 9.17) is 14.6 Å². The van der Waals surface area contributed by atoms with E-state index in [1.54, 1.807) is 0 Å². The quantitative estimate of drug-likeness (QED) is 0.133. The largest absolute Gasteiger partial charge is 0.487 e. The molecule has 0 bridgehead atoms. The number of carbonyl (C=O) groups excluding carboxylic acids is 1. The predicted octanol–water partition coefficient (Wildman–Crippen LogP) is 8.13. The van der Waals surface area contributed by atoms with Crippen LogP contribution in [-0.4, -0.2) is 22.6 Å². The van der Waals surface area contributed by atoms with E-state index < -0.39 is 11.9 Å². The van der Waals surface area contributed by atoms with E-state index in [9.17, 15) is 9.59 Å². The van der Waals surface area contributed by atoms with Crippen molar-refractivity contribution >= 4 is 11.9 Å². The molecule has 1 N–H and O–H groups in total. The lowest BCUT2D eigenvalue weighted by molar-refractivity contribution is -0.133. The van der Waals surface area contributed by atoms with Crippen molar-refractivity contribution in [3.63, 3.8) is 0 Å². The van der Waals surface area contributed by atoms with Crippen LogP contribution in [0.25, 0.3) is 0 Å². The van der Waals surface area contributed by atoms with Gasteiger partial charge in [0.1, 0.15) is 17.1 Å². The van der Waals surface area contributed by atoms with Gasteiger partial charge < -0.3 is 14.6 Å². The van der Waals surface area contributed by atoms with Gasteiger partial charge in [-0.2, -0.15) is 0 Å². The molecule has 1 aliphatic rings. The van der Waals surface area contributed by atoms with Crippen molar-refractivity contribution in [1.82, 2.24) is 0 Å². The summed E-state index contributed by atoms with van der Waals surface area (Å²) in [6.45, 7) is 14.8. The number of hydrogen-bond acceptors (Lipinski definition) is 4. The highest BCUT2D eigenvalue weighted by Gasteiger charge is 2.33. The maximum absolute atomic E-state index is 12.0. The Balaban J connectivity index is 1.94. The van der Waals surface area contributed by atoms with Crippen molar-refractivity contribution in [2.75, 3.05) is 0 Å². The Kier molecular flexibility index (Phi) is 11.4. The van der Waals surface area contributed by atoms with Gasteiger partial charge in [0.15, 0.2) is 0 Å². The fraction of sp³-hybridized carbons (Fsp3) is 0.500. The number of carboxylic acids is 1. The van der Waals surface area contributed by atoms with E-state index in [1.165, 1.54) is 16.7 Å². The summed E-state index contributed by atoms with van der Waals surface area (Å²) in [4.78, 5) is 22.6. The van der Waals surface area contributed by atoms with Crippen LogP contribution in [0.15, 0.2) is 53.2 Å². The maximum atomic E-state index is 12.0. The molecule has 0 radical (unpaired) electrons. The lowest BCUT2D eigenvalue weighted by atomic mass is 9.86. The van der Waals surface area contributed by atoms with E-state index in [0.29, 0.717) is 5.75 Å². The molecule has 0 unspecified atom stereocenters. The standard InChI is InChI=1S/C32H44O5/c1-22(2)11-8-12-23(3)13-9-14-24(4)15-10-19-32(7)20-18-27-21-28(25(5)26(6)31(27)37-32)36-30(35)17-16-29(33)34/h11,13,15-17,21H,8-10,12,14,18-20H2,1-7H3,(H,33,34)/t32-/m1/s1. The summed E-state index contributed by atoms with van der Waals surface area (Å²) in [6.07, 6.45) is 16.8. The number of ether oxygens (including phenoxy) is 2. The van der Waals surface area contributed by atoms with Crippen LogP contribution in [0.4, 0.5) is 0 Å². The average Bonchev–Trinajstić information content (AvgIpc) is 2.81. The van der Waals surface area contributed by atoms with Crippen LogP contribution in [0.5, 0.6) is 11.5 Å². The smallest absolute Gasteiger partial charge is 0.336 e. The first-order valence-electron chi connectivity index (χ1n) is 13.3. The van der Waals surface area contributed by atoms with Crippen molar-refractivity contribution in [3.8, 4) is 11.5 Å². The van der Waals surface area contributed by atoms with Gasteiger partial charge in [-0.3, -0.25) is 0 Å². The molecule has 1 aliphatic heterocycles. The number of carbonyl (C=O) groups is 2. The monoisotopic (exact) mass is 508 g/mol. The van der Waals surface area contributed by atoms with E-state index in [1.807, 2.05) is 19.9 Å². The number of rotatable bonds is 12. The van der Waals surface area contributed by atoms with Crippen molar-refractivity contribution < 1.29 is 24.2 Å². The average molecular weight is 509 g/mol. The van der Waals surface area contributed by atoms with Crippen LogP contribution >= 0.6 is 0 Å². The van der Waals surface area contributed by atoms with E-state index >= 15 is 0 Å². The molecule has 5 nitrogen and oxygen atoms in total. The highest BCUT2D eigenvalue weighted by molar-refractivity contribution is 5.91.